The second-order valence-electron chi connectivity index (χ2n) is 9.41. The lowest BCUT2D eigenvalue weighted by Gasteiger charge is -2.34. The summed E-state index contributed by atoms with van der Waals surface area (Å²) in [7, 11) is 2.03. The molecule has 3 heterocycles. The quantitative estimate of drug-likeness (QED) is 0.587. The van der Waals surface area contributed by atoms with Gasteiger partial charge in [-0.25, -0.2) is 4.98 Å². The number of hydrogen-bond acceptors (Lipinski definition) is 4. The highest BCUT2D eigenvalue weighted by atomic mass is 16.2. The van der Waals surface area contributed by atoms with Crippen LogP contribution in [-0.4, -0.2) is 75.3 Å². The van der Waals surface area contributed by atoms with Gasteiger partial charge >= 0.3 is 0 Å². The minimum Gasteiger partial charge on any atom is -0.339 e. The van der Waals surface area contributed by atoms with Crippen molar-refractivity contribution in [3.63, 3.8) is 0 Å². The van der Waals surface area contributed by atoms with Crippen molar-refractivity contribution in [2.24, 2.45) is 7.05 Å². The predicted molar refractivity (Wildman–Crippen MR) is 133 cm³/mol. The zero-order valence-electron chi connectivity index (χ0n) is 20.2. The van der Waals surface area contributed by atoms with Crippen LogP contribution in [0.3, 0.4) is 0 Å². The van der Waals surface area contributed by atoms with Crippen LogP contribution in [-0.2, 0) is 20.0 Å². The van der Waals surface area contributed by atoms with E-state index in [4.69, 9.17) is 4.98 Å². The summed E-state index contributed by atoms with van der Waals surface area (Å²) >= 11 is 0. The molecule has 0 aliphatic carbocycles. The standard InChI is InChI=1S/C27H33N5O2/c1-3-20-6-8-21(9-7-20)26(33)32-16-14-30(15-17-32)19-25-28-23-18-22(10-11-24(23)29(25)2)27(34)31-12-4-5-13-31/h6-11,18H,3-5,12-17,19H2,1-2H3. The highest BCUT2D eigenvalue weighted by Crippen LogP contribution is 2.21. The fourth-order valence-electron chi connectivity index (χ4n) is 5.00. The third-order valence-corrected chi connectivity index (χ3v) is 7.25. The van der Waals surface area contributed by atoms with Crippen molar-refractivity contribution in [1.82, 2.24) is 24.3 Å². The number of imidazole rings is 1. The highest BCUT2D eigenvalue weighted by molar-refractivity contribution is 5.97. The maximum absolute atomic E-state index is 12.9. The first kappa shape index (κ1) is 22.6. The normalized spacial score (nSPS) is 17.0. The number of rotatable bonds is 5. The molecule has 2 fully saturated rings. The lowest BCUT2D eigenvalue weighted by molar-refractivity contribution is 0.0624. The second-order valence-corrected chi connectivity index (χ2v) is 9.41. The third-order valence-electron chi connectivity index (χ3n) is 7.25. The van der Waals surface area contributed by atoms with Crippen LogP contribution in [0.5, 0.6) is 0 Å². The van der Waals surface area contributed by atoms with E-state index in [0.717, 1.165) is 80.0 Å². The SMILES string of the molecule is CCc1ccc(C(=O)N2CCN(Cc3nc4cc(C(=O)N5CCCC5)ccc4n3C)CC2)cc1. The van der Waals surface area contributed by atoms with Gasteiger partial charge in [0.1, 0.15) is 5.82 Å². The molecule has 5 rings (SSSR count). The van der Waals surface area contributed by atoms with Crippen LogP contribution in [0.15, 0.2) is 42.5 Å². The number of fused-ring (bicyclic) bond motifs is 1. The van der Waals surface area contributed by atoms with E-state index >= 15 is 0 Å². The van der Waals surface area contributed by atoms with Gasteiger partial charge in [0.15, 0.2) is 0 Å². The molecule has 7 heteroatoms. The molecule has 0 atom stereocenters. The lowest BCUT2D eigenvalue weighted by atomic mass is 10.1. The topological polar surface area (TPSA) is 61.7 Å². The first-order valence-electron chi connectivity index (χ1n) is 12.4. The smallest absolute Gasteiger partial charge is 0.253 e. The summed E-state index contributed by atoms with van der Waals surface area (Å²) in [4.78, 5) is 36.7. The molecule has 2 amide bonds. The highest BCUT2D eigenvalue weighted by Gasteiger charge is 2.24. The van der Waals surface area contributed by atoms with Gasteiger partial charge in [-0.15, -0.1) is 0 Å². The lowest BCUT2D eigenvalue weighted by Crippen LogP contribution is -2.48. The van der Waals surface area contributed by atoms with E-state index in [1.54, 1.807) is 0 Å². The molecule has 7 nitrogen and oxygen atoms in total. The van der Waals surface area contributed by atoms with Gasteiger partial charge in [0.25, 0.3) is 11.8 Å². The van der Waals surface area contributed by atoms with Crippen molar-refractivity contribution in [2.45, 2.75) is 32.7 Å². The Morgan fingerprint density at radius 1 is 0.824 bits per heavy atom. The van der Waals surface area contributed by atoms with Crippen molar-refractivity contribution in [1.29, 1.82) is 0 Å². The van der Waals surface area contributed by atoms with Crippen LogP contribution in [0, 0.1) is 0 Å². The van der Waals surface area contributed by atoms with Crippen LogP contribution in [0.4, 0.5) is 0 Å². The Labute approximate surface area is 201 Å². The van der Waals surface area contributed by atoms with Gasteiger partial charge in [-0.2, -0.15) is 0 Å². The molecule has 0 unspecified atom stereocenters. The van der Waals surface area contributed by atoms with E-state index in [1.807, 2.05) is 59.3 Å². The number of piperazine rings is 1. The largest absolute Gasteiger partial charge is 0.339 e. The summed E-state index contributed by atoms with van der Waals surface area (Å²) in [5.41, 5.74) is 4.64. The number of aryl methyl sites for hydroxylation is 2. The minimum atomic E-state index is 0.108. The number of hydrogen-bond donors (Lipinski definition) is 0. The second kappa shape index (κ2) is 9.58. The first-order chi connectivity index (χ1) is 16.5. The summed E-state index contributed by atoms with van der Waals surface area (Å²) in [6.07, 6.45) is 3.16. The molecule has 3 aromatic rings. The van der Waals surface area contributed by atoms with Gasteiger partial charge in [0.2, 0.25) is 0 Å². The van der Waals surface area contributed by atoms with E-state index < -0.39 is 0 Å². The van der Waals surface area contributed by atoms with Crippen molar-refractivity contribution >= 4 is 22.8 Å². The van der Waals surface area contributed by atoms with Crippen molar-refractivity contribution < 1.29 is 9.59 Å². The zero-order chi connectivity index (χ0) is 23.7. The molecule has 178 valence electrons. The number of aromatic nitrogens is 2. The molecule has 0 bridgehead atoms. The van der Waals surface area contributed by atoms with E-state index in [-0.39, 0.29) is 11.8 Å². The first-order valence-corrected chi connectivity index (χ1v) is 12.4. The monoisotopic (exact) mass is 459 g/mol. The number of nitrogens with zero attached hydrogens (tertiary/aromatic N) is 5. The minimum absolute atomic E-state index is 0.108. The molecular formula is C27H33N5O2. The molecule has 1 aromatic heterocycles. The molecule has 2 aliphatic rings. The average molecular weight is 460 g/mol. The Balaban J connectivity index is 1.22. The summed E-state index contributed by atoms with van der Waals surface area (Å²) in [5, 5.41) is 0. The van der Waals surface area contributed by atoms with Crippen LogP contribution >= 0.6 is 0 Å². The number of carbonyl (C=O) groups excluding carboxylic acids is 2. The van der Waals surface area contributed by atoms with E-state index in [2.05, 4.69) is 16.4 Å². The zero-order valence-corrected chi connectivity index (χ0v) is 20.2. The van der Waals surface area contributed by atoms with E-state index in [0.29, 0.717) is 13.1 Å². The van der Waals surface area contributed by atoms with Gasteiger partial charge in [-0.3, -0.25) is 14.5 Å². The summed E-state index contributed by atoms with van der Waals surface area (Å²) in [6, 6.07) is 13.8. The molecule has 2 aliphatic heterocycles. The fourth-order valence-corrected chi connectivity index (χ4v) is 5.00. The van der Waals surface area contributed by atoms with Crippen molar-refractivity contribution in [2.75, 3.05) is 39.3 Å². The van der Waals surface area contributed by atoms with Crippen molar-refractivity contribution in [3.8, 4) is 0 Å². The number of amides is 2. The van der Waals surface area contributed by atoms with Crippen LogP contribution in [0.1, 0.15) is 51.9 Å². The molecule has 0 radical (unpaired) electrons. The molecule has 0 saturated carbocycles. The molecule has 34 heavy (non-hydrogen) atoms. The van der Waals surface area contributed by atoms with Crippen LogP contribution in [0.25, 0.3) is 11.0 Å². The number of carbonyl (C=O) groups is 2. The van der Waals surface area contributed by atoms with Gasteiger partial charge in [0.05, 0.1) is 17.6 Å². The van der Waals surface area contributed by atoms with Gasteiger partial charge in [-0.1, -0.05) is 19.1 Å². The van der Waals surface area contributed by atoms with Crippen LogP contribution < -0.4 is 0 Å². The fraction of sp³-hybridized carbons (Fsp3) is 0.444. The maximum atomic E-state index is 12.9. The molecule has 0 spiro atoms. The summed E-state index contributed by atoms with van der Waals surface area (Å²) < 4.78 is 2.12. The van der Waals surface area contributed by atoms with Gasteiger partial charge < -0.3 is 14.4 Å². The number of likely N-dealkylation sites (tertiary alicyclic amines) is 1. The average Bonchev–Trinajstić information content (AvgIpc) is 3.52. The van der Waals surface area contributed by atoms with E-state index in [9.17, 15) is 9.59 Å². The maximum Gasteiger partial charge on any atom is 0.253 e. The molecule has 2 saturated heterocycles. The summed E-state index contributed by atoms with van der Waals surface area (Å²) in [6.45, 7) is 7.62. The third kappa shape index (κ3) is 4.44. The molecule has 0 N–H and O–H groups in total. The summed E-state index contributed by atoms with van der Waals surface area (Å²) in [5.74, 6) is 1.20. The van der Waals surface area contributed by atoms with E-state index in [1.165, 1.54) is 5.56 Å². The molecular weight excluding hydrogens is 426 g/mol. The molecule has 2 aromatic carbocycles. The Morgan fingerprint density at radius 2 is 1.44 bits per heavy atom. The Morgan fingerprint density at radius 3 is 2.12 bits per heavy atom. The predicted octanol–water partition coefficient (Wildman–Crippen LogP) is 3.33. The van der Waals surface area contributed by atoms with Gasteiger partial charge in [0, 0.05) is 57.4 Å². The van der Waals surface area contributed by atoms with Crippen molar-refractivity contribution in [3.05, 3.63) is 65.0 Å². The Bertz CT molecular complexity index is 1190. The number of benzene rings is 2. The van der Waals surface area contributed by atoms with Gasteiger partial charge in [-0.05, 0) is 55.2 Å². The Hall–Kier alpha value is -3.19. The Kier molecular flexibility index (Phi) is 6.37. The van der Waals surface area contributed by atoms with Crippen LogP contribution in [0.2, 0.25) is 0 Å².